The van der Waals surface area contributed by atoms with Crippen LogP contribution in [0.1, 0.15) is 19.3 Å². The molecule has 14 heavy (non-hydrogen) atoms. The Hall–Kier alpha value is 0.631. The summed E-state index contributed by atoms with van der Waals surface area (Å²) in [5.41, 5.74) is 0. The second-order valence-electron chi connectivity index (χ2n) is 2.96. The third-order valence-corrected chi connectivity index (χ3v) is 1.77. The van der Waals surface area contributed by atoms with Gasteiger partial charge in [0.05, 0.1) is 0 Å². The molecule has 0 radical (unpaired) electrons. The summed E-state index contributed by atoms with van der Waals surface area (Å²) in [6, 6.07) is 0. The summed E-state index contributed by atoms with van der Waals surface area (Å²) < 4.78 is 35.7. The van der Waals surface area contributed by atoms with E-state index in [2.05, 4.69) is 0 Å². The summed E-state index contributed by atoms with van der Waals surface area (Å²) in [5, 5.41) is 0. The number of carbonyl (C=O) groups is 2. The summed E-state index contributed by atoms with van der Waals surface area (Å²) in [6.45, 7) is -5.10. The molecule has 1 rings (SSSR count). The summed E-state index contributed by atoms with van der Waals surface area (Å²) >= 11 is 0. The van der Waals surface area contributed by atoms with Gasteiger partial charge in [0.2, 0.25) is 11.8 Å². The average molecular weight is 233 g/mol. The van der Waals surface area contributed by atoms with Gasteiger partial charge in [-0.05, 0) is 12.9 Å². The average Bonchev–Trinajstić information content (AvgIpc) is 1.95. The minimum absolute atomic E-state index is 0. The van der Waals surface area contributed by atoms with Crippen LogP contribution in [0.15, 0.2) is 0 Å². The molecule has 0 bridgehead atoms. The van der Waals surface area contributed by atoms with Gasteiger partial charge in [-0.25, -0.2) is 0 Å². The topological polar surface area (TPSA) is 37.4 Å². The standard InChI is InChI=1S/C6H8BF3NO2.K/c8-7(9,10)4-11-5(12)2-1-3-6(11)13;/h1-4H2;/q-1;+1. The monoisotopic (exact) mass is 233 g/mol. The number of hydrogen-bond donors (Lipinski definition) is 0. The van der Waals surface area contributed by atoms with Crippen LogP contribution in [-0.4, -0.2) is 30.1 Å². The molecule has 0 N–H and O–H groups in total. The molecule has 1 aliphatic heterocycles. The van der Waals surface area contributed by atoms with Crippen LogP contribution in [-0.2, 0) is 9.59 Å². The molecule has 1 heterocycles. The molecular weight excluding hydrogens is 225 g/mol. The molecule has 3 nitrogen and oxygen atoms in total. The van der Waals surface area contributed by atoms with E-state index in [4.69, 9.17) is 0 Å². The molecule has 0 aromatic rings. The van der Waals surface area contributed by atoms with Crippen LogP contribution >= 0.6 is 0 Å². The summed E-state index contributed by atoms with van der Waals surface area (Å²) in [4.78, 5) is 22.1. The van der Waals surface area contributed by atoms with E-state index in [-0.39, 0.29) is 64.2 Å². The van der Waals surface area contributed by atoms with Crippen LogP contribution in [0, 0.1) is 0 Å². The minimum Gasteiger partial charge on any atom is -0.448 e. The Morgan fingerprint density at radius 2 is 1.57 bits per heavy atom. The van der Waals surface area contributed by atoms with Crippen LogP contribution in [0.4, 0.5) is 12.9 Å². The second kappa shape index (κ2) is 5.64. The van der Waals surface area contributed by atoms with Gasteiger partial charge in [0.15, 0.2) is 0 Å². The van der Waals surface area contributed by atoms with E-state index in [0.717, 1.165) is 0 Å². The maximum Gasteiger partial charge on any atom is 1.00 e. The summed E-state index contributed by atoms with van der Waals surface area (Å²) in [7, 11) is 0. The Morgan fingerprint density at radius 1 is 1.14 bits per heavy atom. The molecule has 0 aliphatic carbocycles. The van der Waals surface area contributed by atoms with Crippen molar-refractivity contribution in [3.05, 3.63) is 0 Å². The van der Waals surface area contributed by atoms with Gasteiger partial charge in [-0.1, -0.05) is 0 Å². The number of likely N-dealkylation sites (tertiary alicyclic amines) is 1. The van der Waals surface area contributed by atoms with Crippen molar-refractivity contribution in [3.8, 4) is 0 Å². The zero-order chi connectivity index (χ0) is 10.1. The van der Waals surface area contributed by atoms with Crippen LogP contribution in [0.2, 0.25) is 0 Å². The van der Waals surface area contributed by atoms with E-state index in [1.54, 1.807) is 0 Å². The van der Waals surface area contributed by atoms with Gasteiger partial charge in [0.25, 0.3) is 0 Å². The third-order valence-electron chi connectivity index (χ3n) is 1.77. The predicted molar refractivity (Wildman–Crippen MR) is 39.6 cm³/mol. The maximum absolute atomic E-state index is 11.9. The normalized spacial score (nSPS) is 18.1. The number of halogens is 3. The zero-order valence-electron chi connectivity index (χ0n) is 7.80. The van der Waals surface area contributed by atoms with Crippen molar-refractivity contribution in [1.82, 2.24) is 4.90 Å². The largest absolute Gasteiger partial charge is 1.00 e. The maximum atomic E-state index is 11.9. The molecule has 0 aromatic carbocycles. The Labute approximate surface area is 122 Å². The summed E-state index contributed by atoms with van der Waals surface area (Å²) in [5.74, 6) is -1.43. The van der Waals surface area contributed by atoms with Gasteiger partial charge < -0.3 is 17.8 Å². The van der Waals surface area contributed by atoms with Gasteiger partial charge in [0.1, 0.15) is 0 Å². The fourth-order valence-electron chi connectivity index (χ4n) is 1.21. The first-order chi connectivity index (χ1) is 5.90. The quantitative estimate of drug-likeness (QED) is 0.405. The first kappa shape index (κ1) is 14.6. The Balaban J connectivity index is 0.00000169. The van der Waals surface area contributed by atoms with Crippen LogP contribution in [0.5, 0.6) is 0 Å². The van der Waals surface area contributed by atoms with Gasteiger partial charge in [0, 0.05) is 12.8 Å². The Kier molecular flexibility index (Phi) is 5.90. The molecule has 0 saturated carbocycles. The van der Waals surface area contributed by atoms with Crippen molar-refractivity contribution in [3.63, 3.8) is 0 Å². The third kappa shape index (κ3) is 4.43. The number of hydrogen-bond acceptors (Lipinski definition) is 2. The van der Waals surface area contributed by atoms with Crippen LogP contribution in [0.3, 0.4) is 0 Å². The molecule has 0 spiro atoms. The van der Waals surface area contributed by atoms with Crippen LogP contribution < -0.4 is 51.4 Å². The molecular formula is C6H8BF3KNO2. The fraction of sp³-hybridized carbons (Fsp3) is 0.667. The molecule has 1 aliphatic rings. The molecule has 0 aromatic heterocycles. The van der Waals surface area contributed by atoms with Crippen molar-refractivity contribution < 1.29 is 73.9 Å². The van der Waals surface area contributed by atoms with E-state index in [1.807, 2.05) is 0 Å². The SMILES string of the molecule is O=C1CCCC(=O)N1C[B-](F)(F)F.[K+]. The van der Waals surface area contributed by atoms with E-state index in [0.29, 0.717) is 11.3 Å². The van der Waals surface area contributed by atoms with Gasteiger partial charge in [-0.2, -0.15) is 0 Å². The molecule has 0 unspecified atom stereocenters. The molecule has 1 saturated heterocycles. The fourth-order valence-corrected chi connectivity index (χ4v) is 1.21. The molecule has 1 fully saturated rings. The Morgan fingerprint density at radius 3 is 1.93 bits per heavy atom. The first-order valence-corrected chi connectivity index (χ1v) is 3.94. The van der Waals surface area contributed by atoms with E-state index in [1.165, 1.54) is 0 Å². The van der Waals surface area contributed by atoms with Gasteiger partial charge in [-0.3, -0.25) is 9.59 Å². The molecule has 8 heteroatoms. The summed E-state index contributed by atoms with van der Waals surface area (Å²) in [6.07, 6.45) is -0.952. The van der Waals surface area contributed by atoms with E-state index < -0.39 is 25.2 Å². The molecule has 0 atom stereocenters. The smallest absolute Gasteiger partial charge is 0.448 e. The number of amides is 2. The number of imide groups is 1. The number of piperidine rings is 1. The first-order valence-electron chi connectivity index (χ1n) is 3.94. The van der Waals surface area contributed by atoms with Crippen molar-refractivity contribution >= 4 is 18.8 Å². The molecule has 74 valence electrons. The van der Waals surface area contributed by atoms with E-state index in [9.17, 15) is 22.5 Å². The zero-order valence-corrected chi connectivity index (χ0v) is 10.9. The molecule has 2 amide bonds. The number of rotatable bonds is 2. The van der Waals surface area contributed by atoms with Crippen molar-refractivity contribution in [2.24, 2.45) is 0 Å². The van der Waals surface area contributed by atoms with Crippen LogP contribution in [0.25, 0.3) is 0 Å². The second-order valence-corrected chi connectivity index (χ2v) is 2.96. The van der Waals surface area contributed by atoms with E-state index >= 15 is 0 Å². The van der Waals surface area contributed by atoms with Gasteiger partial charge in [-0.15, -0.1) is 0 Å². The van der Waals surface area contributed by atoms with Gasteiger partial charge >= 0.3 is 58.4 Å². The Bertz CT molecular complexity index is 230. The minimum atomic E-state index is -5.10. The van der Waals surface area contributed by atoms with Crippen molar-refractivity contribution in [2.75, 3.05) is 6.44 Å². The van der Waals surface area contributed by atoms with Crippen molar-refractivity contribution in [2.45, 2.75) is 19.3 Å². The van der Waals surface area contributed by atoms with Crippen molar-refractivity contribution in [1.29, 1.82) is 0 Å². The number of carbonyl (C=O) groups excluding carboxylic acids is 2. The predicted octanol–water partition coefficient (Wildman–Crippen LogP) is -2.08. The number of nitrogens with zero attached hydrogens (tertiary/aromatic N) is 1.